The summed E-state index contributed by atoms with van der Waals surface area (Å²) < 4.78 is 2.00. The van der Waals surface area contributed by atoms with Crippen LogP contribution in [-0.2, 0) is 16.1 Å². The molecule has 2 fully saturated rings. The van der Waals surface area contributed by atoms with Crippen LogP contribution in [0, 0.1) is 6.92 Å². The molecule has 7 heteroatoms. The Morgan fingerprint density at radius 3 is 2.57 bits per heavy atom. The fraction of sp³-hybridized carbons (Fsp3) is 0.429. The Morgan fingerprint density at radius 2 is 1.89 bits per heavy atom. The number of halogens is 1. The van der Waals surface area contributed by atoms with Crippen LogP contribution in [0.1, 0.15) is 5.56 Å². The molecule has 148 valence electrons. The van der Waals surface area contributed by atoms with E-state index in [0.717, 1.165) is 60.8 Å². The van der Waals surface area contributed by atoms with E-state index in [9.17, 15) is 9.59 Å². The fourth-order valence-corrected chi connectivity index (χ4v) is 4.20. The van der Waals surface area contributed by atoms with E-state index in [0.29, 0.717) is 12.6 Å². The highest BCUT2D eigenvalue weighted by atomic mass is 35.5. The highest BCUT2D eigenvalue weighted by Crippen LogP contribution is 2.24. The second-order valence-electron chi connectivity index (χ2n) is 7.62. The number of hydrogen-bond acceptors (Lipinski definition) is 3. The maximum absolute atomic E-state index is 12.8. The maximum Gasteiger partial charge on any atom is 0.246 e. The predicted molar refractivity (Wildman–Crippen MR) is 110 cm³/mol. The molecule has 0 aliphatic carbocycles. The fourth-order valence-electron chi connectivity index (χ4n) is 4.03. The van der Waals surface area contributed by atoms with E-state index in [1.807, 2.05) is 40.8 Å². The summed E-state index contributed by atoms with van der Waals surface area (Å²) in [5, 5.41) is 1.80. The Bertz CT molecular complexity index is 924. The summed E-state index contributed by atoms with van der Waals surface area (Å²) in [5.41, 5.74) is 2.05. The minimum Gasteiger partial charge on any atom is -0.339 e. The summed E-state index contributed by atoms with van der Waals surface area (Å²) in [4.78, 5) is 30.5. The lowest BCUT2D eigenvalue weighted by Crippen LogP contribution is -2.64. The van der Waals surface area contributed by atoms with Gasteiger partial charge in [-0.25, -0.2) is 0 Å². The molecule has 1 aromatic heterocycles. The number of carbonyl (C=O) groups is 2. The van der Waals surface area contributed by atoms with Crippen LogP contribution >= 0.6 is 11.6 Å². The summed E-state index contributed by atoms with van der Waals surface area (Å²) in [7, 11) is 0. The summed E-state index contributed by atoms with van der Waals surface area (Å²) >= 11 is 6.20. The molecule has 0 unspecified atom stereocenters. The third-order valence-corrected chi connectivity index (χ3v) is 6.30. The molecular weight excluding hydrogens is 376 g/mol. The van der Waals surface area contributed by atoms with Crippen molar-refractivity contribution in [3.8, 4) is 0 Å². The third kappa shape index (κ3) is 3.54. The van der Waals surface area contributed by atoms with E-state index in [1.54, 1.807) is 4.90 Å². The van der Waals surface area contributed by atoms with E-state index in [2.05, 4.69) is 11.5 Å². The first-order valence-electron chi connectivity index (χ1n) is 9.64. The van der Waals surface area contributed by atoms with Gasteiger partial charge in [0.15, 0.2) is 0 Å². The number of piperazine rings is 1. The number of nitrogens with zero attached hydrogens (tertiary/aromatic N) is 4. The van der Waals surface area contributed by atoms with Crippen LogP contribution in [0.4, 0.5) is 0 Å². The van der Waals surface area contributed by atoms with Gasteiger partial charge in [0.25, 0.3) is 0 Å². The quantitative estimate of drug-likeness (QED) is 0.739. The van der Waals surface area contributed by atoms with Crippen LogP contribution in [0.15, 0.2) is 37.1 Å². The second kappa shape index (κ2) is 7.60. The minimum absolute atomic E-state index is 0.000497. The van der Waals surface area contributed by atoms with Crippen molar-refractivity contribution in [2.24, 2.45) is 0 Å². The molecule has 6 nitrogen and oxygen atoms in total. The number of rotatable bonds is 4. The van der Waals surface area contributed by atoms with Gasteiger partial charge in [0.2, 0.25) is 11.8 Å². The lowest BCUT2D eigenvalue weighted by molar-refractivity contribution is -0.136. The molecule has 0 saturated carbocycles. The van der Waals surface area contributed by atoms with Crippen molar-refractivity contribution in [2.45, 2.75) is 19.5 Å². The van der Waals surface area contributed by atoms with Crippen LogP contribution in [-0.4, -0.2) is 76.4 Å². The van der Waals surface area contributed by atoms with E-state index in [4.69, 9.17) is 11.6 Å². The average molecular weight is 401 g/mol. The first kappa shape index (κ1) is 19.0. The zero-order chi connectivity index (χ0) is 19.8. The summed E-state index contributed by atoms with van der Waals surface area (Å²) in [6.45, 7) is 10.5. The van der Waals surface area contributed by atoms with Crippen molar-refractivity contribution in [3.05, 3.63) is 47.6 Å². The molecular formula is C21H25ClN4O2. The first-order valence-corrected chi connectivity index (χ1v) is 10.0. The van der Waals surface area contributed by atoms with Crippen molar-refractivity contribution in [1.29, 1.82) is 0 Å². The molecule has 0 N–H and O–H groups in total. The normalized spacial score (nSPS) is 18.4. The van der Waals surface area contributed by atoms with Crippen LogP contribution in [0.25, 0.3) is 10.9 Å². The number of likely N-dealkylation sites (tertiary alicyclic amines) is 1. The van der Waals surface area contributed by atoms with E-state index >= 15 is 0 Å². The highest BCUT2D eigenvalue weighted by Gasteiger charge is 2.35. The van der Waals surface area contributed by atoms with Gasteiger partial charge in [0, 0.05) is 67.4 Å². The number of benzene rings is 1. The van der Waals surface area contributed by atoms with Crippen LogP contribution in [0.3, 0.4) is 0 Å². The van der Waals surface area contributed by atoms with E-state index in [1.165, 1.54) is 6.08 Å². The molecule has 0 spiro atoms. The van der Waals surface area contributed by atoms with Crippen molar-refractivity contribution in [2.75, 3.05) is 39.3 Å². The number of aromatic nitrogens is 1. The maximum atomic E-state index is 12.8. The summed E-state index contributed by atoms with van der Waals surface area (Å²) in [6.07, 6.45) is 3.32. The molecule has 2 aliphatic heterocycles. The number of amides is 2. The van der Waals surface area contributed by atoms with Gasteiger partial charge in [0.1, 0.15) is 6.54 Å². The Hall–Kier alpha value is -2.31. The van der Waals surface area contributed by atoms with E-state index in [-0.39, 0.29) is 11.8 Å². The molecule has 2 amide bonds. The predicted octanol–water partition coefficient (Wildman–Crippen LogP) is 2.14. The van der Waals surface area contributed by atoms with Crippen LogP contribution in [0.5, 0.6) is 0 Å². The average Bonchev–Trinajstić information content (AvgIpc) is 3.02. The molecule has 4 rings (SSSR count). The number of hydrogen-bond donors (Lipinski definition) is 0. The molecule has 2 aromatic rings. The van der Waals surface area contributed by atoms with Crippen molar-refractivity contribution in [3.63, 3.8) is 0 Å². The molecule has 0 atom stereocenters. The summed E-state index contributed by atoms with van der Waals surface area (Å²) in [5.74, 6) is 0.141. The summed E-state index contributed by atoms with van der Waals surface area (Å²) in [6, 6.07) is 6.39. The number of aryl methyl sites for hydroxylation is 1. The second-order valence-corrected chi connectivity index (χ2v) is 8.03. The van der Waals surface area contributed by atoms with Crippen molar-refractivity contribution in [1.82, 2.24) is 19.3 Å². The number of carbonyl (C=O) groups excluding carboxylic acids is 2. The van der Waals surface area contributed by atoms with Gasteiger partial charge < -0.3 is 14.4 Å². The van der Waals surface area contributed by atoms with Gasteiger partial charge in [-0.3, -0.25) is 14.5 Å². The molecule has 2 aliphatic rings. The zero-order valence-electron chi connectivity index (χ0n) is 16.1. The smallest absolute Gasteiger partial charge is 0.246 e. The standard InChI is InChI=1S/C21H25ClN4O2/c1-3-20(27)26-12-17(13-26)23-6-8-24(9-7-23)21(28)14-25-5-4-16-11-18(22)15(2)10-19(16)25/h3-5,10-11,17H,1,6-9,12-14H2,2H3. The molecule has 28 heavy (non-hydrogen) atoms. The van der Waals surface area contributed by atoms with Gasteiger partial charge >= 0.3 is 0 Å². The molecule has 0 radical (unpaired) electrons. The van der Waals surface area contributed by atoms with E-state index < -0.39 is 0 Å². The minimum atomic E-state index is 0.000497. The zero-order valence-corrected chi connectivity index (χ0v) is 16.9. The third-order valence-electron chi connectivity index (χ3n) is 5.89. The Labute approximate surface area is 169 Å². The van der Waals surface area contributed by atoms with Crippen LogP contribution < -0.4 is 0 Å². The van der Waals surface area contributed by atoms with Gasteiger partial charge in [0.05, 0.1) is 0 Å². The Kier molecular flexibility index (Phi) is 5.17. The lowest BCUT2D eigenvalue weighted by atomic mass is 10.1. The van der Waals surface area contributed by atoms with Crippen molar-refractivity contribution >= 4 is 34.3 Å². The molecule has 3 heterocycles. The highest BCUT2D eigenvalue weighted by molar-refractivity contribution is 6.32. The van der Waals surface area contributed by atoms with Gasteiger partial charge in [-0.1, -0.05) is 18.2 Å². The lowest BCUT2D eigenvalue weighted by Gasteiger charge is -2.47. The Morgan fingerprint density at radius 1 is 1.18 bits per heavy atom. The Balaban J connectivity index is 1.32. The number of fused-ring (bicyclic) bond motifs is 1. The molecule has 2 saturated heterocycles. The molecule has 0 bridgehead atoms. The van der Waals surface area contributed by atoms with Crippen LogP contribution in [0.2, 0.25) is 5.02 Å². The topological polar surface area (TPSA) is 48.8 Å². The van der Waals surface area contributed by atoms with Crippen molar-refractivity contribution < 1.29 is 9.59 Å². The van der Waals surface area contributed by atoms with Gasteiger partial charge in [-0.15, -0.1) is 0 Å². The first-order chi connectivity index (χ1) is 13.5. The SMILES string of the molecule is C=CC(=O)N1CC(N2CCN(C(=O)Cn3ccc4cc(Cl)c(C)cc43)CC2)C1. The monoisotopic (exact) mass is 400 g/mol. The van der Waals surface area contributed by atoms with Gasteiger partial charge in [-0.2, -0.15) is 0 Å². The largest absolute Gasteiger partial charge is 0.339 e. The molecule has 1 aromatic carbocycles. The van der Waals surface area contributed by atoms with Gasteiger partial charge in [-0.05, 0) is 36.8 Å².